The van der Waals surface area contributed by atoms with Gasteiger partial charge in [0.25, 0.3) is 0 Å². The molecule has 1 aromatic carbocycles. The van der Waals surface area contributed by atoms with E-state index in [1.165, 1.54) is 5.01 Å². The molecule has 4 nitrogen and oxygen atoms in total. The quantitative estimate of drug-likeness (QED) is 0.375. The lowest BCUT2D eigenvalue weighted by Gasteiger charge is -2.15. The van der Waals surface area contributed by atoms with Crippen molar-refractivity contribution in [2.24, 2.45) is 5.84 Å². The third kappa shape index (κ3) is 2.40. The maximum atomic E-state index is 5.76. The zero-order valence-corrected chi connectivity index (χ0v) is 8.33. The Hall–Kier alpha value is -1.68. The minimum absolute atomic E-state index is 0.678. The van der Waals surface area contributed by atoms with Crippen LogP contribution in [0.15, 0.2) is 31.0 Å². The van der Waals surface area contributed by atoms with Crippen molar-refractivity contribution in [1.82, 2.24) is 5.32 Å². The largest absolute Gasteiger partial charge is 0.397 e. The first-order valence-electron chi connectivity index (χ1n) is 4.36. The monoisotopic (exact) mass is 192 g/mol. The Labute approximate surface area is 84.2 Å². The van der Waals surface area contributed by atoms with Gasteiger partial charge in [0.1, 0.15) is 0 Å². The number of nitrogens with zero attached hydrogens (tertiary/aromatic N) is 1. The summed E-state index contributed by atoms with van der Waals surface area (Å²) in [6.07, 6.45) is 1.65. The molecule has 1 aromatic rings. The summed E-state index contributed by atoms with van der Waals surface area (Å²) in [4.78, 5) is 0. The molecule has 0 aliphatic carbocycles. The second kappa shape index (κ2) is 4.53. The smallest absolute Gasteiger partial charge is 0.0746 e. The SMILES string of the molecule is C=CNCc1ccc(N)c(N(C)N)c1. The van der Waals surface area contributed by atoms with Crippen molar-refractivity contribution >= 4 is 11.4 Å². The molecule has 76 valence electrons. The standard InChI is InChI=1S/C10H16N4/c1-3-13-7-8-4-5-9(11)10(6-8)14(2)12/h3-6,13H,1,7,11-12H2,2H3. The third-order valence-corrected chi connectivity index (χ3v) is 1.93. The molecule has 0 heterocycles. The van der Waals surface area contributed by atoms with E-state index in [9.17, 15) is 0 Å². The average molecular weight is 192 g/mol. The molecule has 0 unspecified atom stereocenters. The molecule has 14 heavy (non-hydrogen) atoms. The van der Waals surface area contributed by atoms with E-state index in [1.54, 1.807) is 13.2 Å². The van der Waals surface area contributed by atoms with Crippen LogP contribution in [0, 0.1) is 0 Å². The van der Waals surface area contributed by atoms with Crippen LogP contribution in [-0.4, -0.2) is 7.05 Å². The topological polar surface area (TPSA) is 67.3 Å². The highest BCUT2D eigenvalue weighted by Gasteiger charge is 2.02. The van der Waals surface area contributed by atoms with Gasteiger partial charge < -0.3 is 16.1 Å². The Morgan fingerprint density at radius 2 is 2.29 bits per heavy atom. The van der Waals surface area contributed by atoms with E-state index in [4.69, 9.17) is 11.6 Å². The van der Waals surface area contributed by atoms with Gasteiger partial charge in [0.15, 0.2) is 0 Å². The van der Waals surface area contributed by atoms with Crippen LogP contribution in [0.3, 0.4) is 0 Å². The van der Waals surface area contributed by atoms with Crippen LogP contribution in [0.5, 0.6) is 0 Å². The molecule has 0 radical (unpaired) electrons. The fourth-order valence-corrected chi connectivity index (χ4v) is 1.19. The molecule has 0 saturated heterocycles. The Bertz CT molecular complexity index is 320. The average Bonchev–Trinajstić information content (AvgIpc) is 2.16. The molecule has 0 amide bonds. The van der Waals surface area contributed by atoms with E-state index in [0.717, 1.165) is 17.8 Å². The van der Waals surface area contributed by atoms with Crippen LogP contribution in [0.1, 0.15) is 5.56 Å². The lowest BCUT2D eigenvalue weighted by atomic mass is 10.1. The third-order valence-electron chi connectivity index (χ3n) is 1.93. The highest BCUT2D eigenvalue weighted by Crippen LogP contribution is 2.21. The van der Waals surface area contributed by atoms with Crippen molar-refractivity contribution in [1.29, 1.82) is 0 Å². The Morgan fingerprint density at radius 1 is 1.57 bits per heavy atom. The molecule has 0 aliphatic rings. The van der Waals surface area contributed by atoms with Crippen LogP contribution in [-0.2, 0) is 6.54 Å². The summed E-state index contributed by atoms with van der Waals surface area (Å²) in [5, 5.41) is 4.52. The fraction of sp³-hybridized carbons (Fsp3) is 0.200. The van der Waals surface area contributed by atoms with Crippen molar-refractivity contribution in [3.8, 4) is 0 Å². The summed E-state index contributed by atoms with van der Waals surface area (Å²) in [6.45, 7) is 4.31. The Morgan fingerprint density at radius 3 is 2.86 bits per heavy atom. The summed E-state index contributed by atoms with van der Waals surface area (Å²) < 4.78 is 0. The van der Waals surface area contributed by atoms with Gasteiger partial charge in [-0.25, -0.2) is 5.84 Å². The predicted molar refractivity (Wildman–Crippen MR) is 60.5 cm³/mol. The van der Waals surface area contributed by atoms with E-state index in [0.29, 0.717) is 5.69 Å². The van der Waals surface area contributed by atoms with E-state index in [2.05, 4.69) is 11.9 Å². The fourth-order valence-electron chi connectivity index (χ4n) is 1.19. The summed E-state index contributed by atoms with van der Waals surface area (Å²) in [7, 11) is 1.76. The summed E-state index contributed by atoms with van der Waals surface area (Å²) in [5.74, 6) is 5.62. The van der Waals surface area contributed by atoms with Gasteiger partial charge in [-0.15, -0.1) is 0 Å². The van der Waals surface area contributed by atoms with Gasteiger partial charge in [-0.2, -0.15) is 0 Å². The van der Waals surface area contributed by atoms with E-state index in [-0.39, 0.29) is 0 Å². The van der Waals surface area contributed by atoms with Gasteiger partial charge in [0, 0.05) is 13.6 Å². The lowest BCUT2D eigenvalue weighted by molar-refractivity contribution is 0.870. The number of nitrogen functional groups attached to an aromatic ring is 1. The molecular formula is C10H16N4. The molecule has 0 spiro atoms. The maximum absolute atomic E-state index is 5.76. The molecule has 0 atom stereocenters. The predicted octanol–water partition coefficient (Wildman–Crippen LogP) is 0.812. The van der Waals surface area contributed by atoms with Crippen LogP contribution >= 0.6 is 0 Å². The first kappa shape index (κ1) is 10.4. The minimum atomic E-state index is 0.678. The van der Waals surface area contributed by atoms with Crippen molar-refractivity contribution in [2.75, 3.05) is 17.8 Å². The van der Waals surface area contributed by atoms with Gasteiger partial charge in [0.05, 0.1) is 11.4 Å². The molecule has 4 heteroatoms. The van der Waals surface area contributed by atoms with Gasteiger partial charge in [-0.3, -0.25) is 0 Å². The van der Waals surface area contributed by atoms with Crippen LogP contribution in [0.25, 0.3) is 0 Å². The molecule has 0 fully saturated rings. The highest BCUT2D eigenvalue weighted by atomic mass is 15.4. The Balaban J connectivity index is 2.88. The molecule has 0 saturated carbocycles. The molecule has 0 aliphatic heterocycles. The molecule has 0 bridgehead atoms. The van der Waals surface area contributed by atoms with Crippen molar-refractivity contribution < 1.29 is 0 Å². The van der Waals surface area contributed by atoms with Gasteiger partial charge in [0.2, 0.25) is 0 Å². The minimum Gasteiger partial charge on any atom is -0.397 e. The van der Waals surface area contributed by atoms with Crippen molar-refractivity contribution in [3.05, 3.63) is 36.5 Å². The number of hydrazine groups is 1. The summed E-state index contributed by atoms with van der Waals surface area (Å²) in [5.41, 5.74) is 8.38. The molecule has 5 N–H and O–H groups in total. The van der Waals surface area contributed by atoms with Crippen LogP contribution < -0.4 is 21.9 Å². The second-order valence-electron chi connectivity index (χ2n) is 3.09. The maximum Gasteiger partial charge on any atom is 0.0746 e. The number of rotatable bonds is 4. The van der Waals surface area contributed by atoms with Gasteiger partial charge in [-0.05, 0) is 23.9 Å². The first-order chi connectivity index (χ1) is 6.65. The second-order valence-corrected chi connectivity index (χ2v) is 3.09. The molecular weight excluding hydrogens is 176 g/mol. The molecule has 0 aromatic heterocycles. The zero-order chi connectivity index (χ0) is 10.6. The zero-order valence-electron chi connectivity index (χ0n) is 8.33. The van der Waals surface area contributed by atoms with E-state index < -0.39 is 0 Å². The van der Waals surface area contributed by atoms with Crippen LogP contribution in [0.2, 0.25) is 0 Å². The summed E-state index contributed by atoms with van der Waals surface area (Å²) in [6, 6.07) is 5.75. The summed E-state index contributed by atoms with van der Waals surface area (Å²) >= 11 is 0. The van der Waals surface area contributed by atoms with Crippen LogP contribution in [0.4, 0.5) is 11.4 Å². The number of nitrogens with two attached hydrogens (primary N) is 2. The lowest BCUT2D eigenvalue weighted by Crippen LogP contribution is -2.26. The Kier molecular flexibility index (Phi) is 3.36. The van der Waals surface area contributed by atoms with Gasteiger partial charge in [-0.1, -0.05) is 12.6 Å². The number of hydrogen-bond acceptors (Lipinski definition) is 4. The van der Waals surface area contributed by atoms with E-state index >= 15 is 0 Å². The number of nitrogens with one attached hydrogen (secondary N) is 1. The number of anilines is 2. The number of benzene rings is 1. The first-order valence-corrected chi connectivity index (χ1v) is 4.36. The normalized spacial score (nSPS) is 9.57. The van der Waals surface area contributed by atoms with Crippen molar-refractivity contribution in [2.45, 2.75) is 6.54 Å². The van der Waals surface area contributed by atoms with E-state index in [1.807, 2.05) is 18.2 Å². The van der Waals surface area contributed by atoms with Gasteiger partial charge >= 0.3 is 0 Å². The highest BCUT2D eigenvalue weighted by molar-refractivity contribution is 5.67. The van der Waals surface area contributed by atoms with Crippen molar-refractivity contribution in [3.63, 3.8) is 0 Å². The number of hydrogen-bond donors (Lipinski definition) is 3. The molecule has 1 rings (SSSR count).